The van der Waals surface area contributed by atoms with Crippen molar-refractivity contribution in [3.05, 3.63) is 46.8 Å². The topological polar surface area (TPSA) is 41.9 Å². The first kappa shape index (κ1) is 16.5. The number of benzene rings is 1. The molecule has 0 amide bonds. The lowest BCUT2D eigenvalue weighted by Gasteiger charge is -2.13. The molecule has 5 heteroatoms. The van der Waals surface area contributed by atoms with Crippen LogP contribution in [-0.2, 0) is 6.54 Å². The van der Waals surface area contributed by atoms with Crippen molar-refractivity contribution in [1.29, 1.82) is 0 Å². The zero-order valence-electron chi connectivity index (χ0n) is 13.9. The number of thiocarbonyl (C=S) groups is 1. The van der Waals surface area contributed by atoms with Crippen molar-refractivity contribution in [1.82, 2.24) is 15.1 Å². The van der Waals surface area contributed by atoms with E-state index in [-0.39, 0.29) is 0 Å². The van der Waals surface area contributed by atoms with Gasteiger partial charge >= 0.3 is 0 Å². The first-order chi connectivity index (χ1) is 10.4. The summed E-state index contributed by atoms with van der Waals surface area (Å²) in [6, 6.07) is 8.81. The van der Waals surface area contributed by atoms with Crippen molar-refractivity contribution in [3.63, 3.8) is 0 Å². The summed E-state index contributed by atoms with van der Waals surface area (Å²) in [5.74, 6) is 0. The second kappa shape index (κ2) is 6.92. The minimum absolute atomic E-state index is 0.308. The van der Waals surface area contributed by atoms with Crippen LogP contribution >= 0.6 is 12.2 Å². The minimum Gasteiger partial charge on any atom is -0.360 e. The third-order valence-corrected chi connectivity index (χ3v) is 3.67. The Hall–Kier alpha value is -1.88. The maximum absolute atomic E-state index is 5.33. The van der Waals surface area contributed by atoms with Gasteiger partial charge in [-0.1, -0.05) is 29.8 Å². The van der Waals surface area contributed by atoms with Crippen LogP contribution in [-0.4, -0.2) is 20.9 Å². The number of rotatable bonds is 4. The van der Waals surface area contributed by atoms with Crippen LogP contribution in [0, 0.1) is 20.8 Å². The maximum Gasteiger partial charge on any atom is 0.171 e. The summed E-state index contributed by atoms with van der Waals surface area (Å²) in [5.41, 5.74) is 5.55. The van der Waals surface area contributed by atoms with Crippen LogP contribution in [0.15, 0.2) is 24.3 Å². The molecule has 118 valence electrons. The molecule has 1 aromatic carbocycles. The van der Waals surface area contributed by atoms with E-state index in [4.69, 9.17) is 12.2 Å². The summed E-state index contributed by atoms with van der Waals surface area (Å²) in [4.78, 5) is 0. The van der Waals surface area contributed by atoms with Gasteiger partial charge in [0.25, 0.3) is 0 Å². The molecule has 0 unspecified atom stereocenters. The quantitative estimate of drug-likeness (QED) is 0.847. The Bertz CT molecular complexity index is 673. The second-order valence-electron chi connectivity index (χ2n) is 5.95. The molecule has 1 aromatic heterocycles. The standard InChI is InChI=1S/C17H24N4S/c1-11(2)18-17(22)19-16-13(4)20-21(14(16)5)10-15-8-6-7-12(3)9-15/h6-9,11H,10H2,1-5H3,(H2,18,19,22). The van der Waals surface area contributed by atoms with Crippen molar-refractivity contribution in [3.8, 4) is 0 Å². The minimum atomic E-state index is 0.308. The smallest absolute Gasteiger partial charge is 0.171 e. The van der Waals surface area contributed by atoms with Crippen LogP contribution in [0.2, 0.25) is 0 Å². The van der Waals surface area contributed by atoms with E-state index < -0.39 is 0 Å². The Morgan fingerprint density at radius 2 is 2.00 bits per heavy atom. The Balaban J connectivity index is 2.18. The highest BCUT2D eigenvalue weighted by Gasteiger charge is 2.13. The van der Waals surface area contributed by atoms with Crippen molar-refractivity contribution in [2.45, 2.75) is 47.2 Å². The molecule has 0 saturated heterocycles. The van der Waals surface area contributed by atoms with Crippen molar-refractivity contribution in [2.75, 3.05) is 5.32 Å². The lowest BCUT2D eigenvalue weighted by atomic mass is 10.1. The van der Waals surface area contributed by atoms with Crippen molar-refractivity contribution < 1.29 is 0 Å². The normalized spacial score (nSPS) is 10.8. The number of nitrogens with zero attached hydrogens (tertiary/aromatic N) is 2. The third kappa shape index (κ3) is 4.07. The molecule has 0 bridgehead atoms. The van der Waals surface area contributed by atoms with E-state index in [2.05, 4.69) is 67.7 Å². The third-order valence-electron chi connectivity index (χ3n) is 3.45. The van der Waals surface area contributed by atoms with E-state index in [0.717, 1.165) is 23.6 Å². The summed E-state index contributed by atoms with van der Waals surface area (Å²) in [6.45, 7) is 11.1. The number of aryl methyl sites for hydroxylation is 2. The van der Waals surface area contributed by atoms with Gasteiger partial charge in [-0.05, 0) is 52.4 Å². The fraction of sp³-hybridized carbons (Fsp3) is 0.412. The molecule has 0 atom stereocenters. The van der Waals surface area contributed by atoms with Gasteiger partial charge in [0.15, 0.2) is 5.11 Å². The van der Waals surface area contributed by atoms with Gasteiger partial charge in [-0.3, -0.25) is 4.68 Å². The van der Waals surface area contributed by atoms with Gasteiger partial charge in [-0.2, -0.15) is 5.10 Å². The average molecular weight is 316 g/mol. The maximum atomic E-state index is 5.33. The van der Waals surface area contributed by atoms with Crippen LogP contribution in [0.4, 0.5) is 5.69 Å². The SMILES string of the molecule is Cc1cccc(Cn2nc(C)c(NC(=S)NC(C)C)c2C)c1. The molecule has 0 saturated carbocycles. The lowest BCUT2D eigenvalue weighted by molar-refractivity contribution is 0.659. The van der Waals surface area contributed by atoms with Gasteiger partial charge < -0.3 is 10.6 Å². The predicted octanol–water partition coefficient (Wildman–Crippen LogP) is 3.55. The molecule has 0 spiro atoms. The molecule has 2 aromatic rings. The number of hydrogen-bond acceptors (Lipinski definition) is 2. The first-order valence-corrected chi connectivity index (χ1v) is 7.94. The highest BCUT2D eigenvalue weighted by atomic mass is 32.1. The van der Waals surface area contributed by atoms with E-state index in [9.17, 15) is 0 Å². The number of nitrogens with one attached hydrogen (secondary N) is 2. The predicted molar refractivity (Wildman–Crippen MR) is 96.5 cm³/mol. The van der Waals surface area contributed by atoms with Gasteiger partial charge in [-0.25, -0.2) is 0 Å². The van der Waals surface area contributed by atoms with Crippen molar-refractivity contribution in [2.24, 2.45) is 0 Å². The van der Waals surface area contributed by atoms with E-state index in [0.29, 0.717) is 11.2 Å². The molecule has 0 fully saturated rings. The van der Waals surface area contributed by atoms with E-state index >= 15 is 0 Å². The zero-order chi connectivity index (χ0) is 16.3. The van der Waals surface area contributed by atoms with Gasteiger partial charge in [0.05, 0.1) is 23.6 Å². The summed E-state index contributed by atoms with van der Waals surface area (Å²) >= 11 is 5.33. The summed E-state index contributed by atoms with van der Waals surface area (Å²) in [5, 5.41) is 11.7. The first-order valence-electron chi connectivity index (χ1n) is 7.54. The van der Waals surface area contributed by atoms with Crippen LogP contribution in [0.5, 0.6) is 0 Å². The molecule has 0 radical (unpaired) electrons. The lowest BCUT2D eigenvalue weighted by Crippen LogP contribution is -2.34. The molecule has 2 rings (SSSR count). The molecule has 0 aliphatic carbocycles. The number of hydrogen-bond donors (Lipinski definition) is 2. The Morgan fingerprint density at radius 3 is 2.64 bits per heavy atom. The largest absolute Gasteiger partial charge is 0.360 e. The van der Waals surface area contributed by atoms with E-state index in [1.54, 1.807) is 0 Å². The molecule has 1 heterocycles. The molecule has 0 aliphatic rings. The monoisotopic (exact) mass is 316 g/mol. The van der Waals surface area contributed by atoms with Gasteiger partial charge in [-0.15, -0.1) is 0 Å². The second-order valence-corrected chi connectivity index (χ2v) is 6.35. The van der Waals surface area contributed by atoms with Crippen LogP contribution in [0.1, 0.15) is 36.4 Å². The highest BCUT2D eigenvalue weighted by molar-refractivity contribution is 7.80. The van der Waals surface area contributed by atoms with Gasteiger partial charge in [0.2, 0.25) is 0 Å². The average Bonchev–Trinajstić information content (AvgIpc) is 2.66. The molecular weight excluding hydrogens is 292 g/mol. The van der Waals surface area contributed by atoms with Crippen LogP contribution in [0.3, 0.4) is 0 Å². The van der Waals surface area contributed by atoms with Gasteiger partial charge in [0.1, 0.15) is 0 Å². The van der Waals surface area contributed by atoms with E-state index in [1.165, 1.54) is 11.1 Å². The summed E-state index contributed by atoms with van der Waals surface area (Å²) < 4.78 is 2.02. The summed E-state index contributed by atoms with van der Waals surface area (Å²) in [7, 11) is 0. The van der Waals surface area contributed by atoms with Gasteiger partial charge in [0, 0.05) is 6.04 Å². The summed E-state index contributed by atoms with van der Waals surface area (Å²) in [6.07, 6.45) is 0. The fourth-order valence-electron chi connectivity index (χ4n) is 2.43. The number of anilines is 1. The highest BCUT2D eigenvalue weighted by Crippen LogP contribution is 2.20. The Kier molecular flexibility index (Phi) is 5.19. The Labute approximate surface area is 137 Å². The van der Waals surface area contributed by atoms with Crippen molar-refractivity contribution >= 4 is 23.0 Å². The molecule has 4 nitrogen and oxygen atoms in total. The molecule has 2 N–H and O–H groups in total. The zero-order valence-corrected chi connectivity index (χ0v) is 14.7. The van der Waals surface area contributed by atoms with Crippen LogP contribution in [0.25, 0.3) is 0 Å². The molecular formula is C17H24N4S. The number of aromatic nitrogens is 2. The fourth-order valence-corrected chi connectivity index (χ4v) is 2.76. The molecule has 0 aliphatic heterocycles. The van der Waals surface area contributed by atoms with Crippen LogP contribution < -0.4 is 10.6 Å². The van der Waals surface area contributed by atoms with E-state index in [1.807, 2.05) is 11.6 Å². The molecule has 22 heavy (non-hydrogen) atoms. The Morgan fingerprint density at radius 1 is 1.27 bits per heavy atom.